The molecule has 4 nitrogen and oxygen atoms in total. The summed E-state index contributed by atoms with van der Waals surface area (Å²) in [6.45, 7) is 5.68. The smallest absolute Gasteiger partial charge is 0.224 e. The van der Waals surface area contributed by atoms with Crippen LogP contribution < -0.4 is 4.57 Å². The van der Waals surface area contributed by atoms with Crippen molar-refractivity contribution in [1.29, 1.82) is 0 Å². The average Bonchev–Trinajstić information content (AvgIpc) is 3.58. The first kappa shape index (κ1) is 31.7. The molecule has 0 unspecified atom stereocenters. The van der Waals surface area contributed by atoms with E-state index in [1.807, 2.05) is 0 Å². The molecule has 5 heteroatoms. The topological polar surface area (TPSA) is 31.6 Å². The molecule has 1 fully saturated rings. The fourth-order valence-electron chi connectivity index (χ4n) is 5.06. The van der Waals surface area contributed by atoms with E-state index in [2.05, 4.69) is 28.6 Å². The standard InChI is InChI=1S/C31H58NO3S/c1-2-3-4-5-6-7-8-9-10-11-12-13-14-16-19-22-31-34-28-30(35-31)27-33-25-21-18-15-17-20-23-32-24-26-36-29-32/h24,26,29-31H,2-23,25,27-28H2,1H3/q+1/t30-,31-/m0/s1. The van der Waals surface area contributed by atoms with Gasteiger partial charge in [-0.15, -0.1) is 0 Å². The first-order chi connectivity index (χ1) is 17.9. The van der Waals surface area contributed by atoms with Crippen molar-refractivity contribution >= 4 is 11.3 Å². The van der Waals surface area contributed by atoms with E-state index in [0.717, 1.165) is 26.0 Å². The summed E-state index contributed by atoms with van der Waals surface area (Å²) >= 11 is 1.77. The molecule has 1 aromatic heterocycles. The third kappa shape index (κ3) is 17.9. The van der Waals surface area contributed by atoms with Crippen molar-refractivity contribution in [3.63, 3.8) is 0 Å². The molecule has 1 aliphatic heterocycles. The Balaban J connectivity index is 1.25. The lowest BCUT2D eigenvalue weighted by atomic mass is 10.0. The Kier molecular flexibility index (Phi) is 20.8. The molecule has 1 aromatic rings. The number of aromatic nitrogens is 1. The summed E-state index contributed by atoms with van der Waals surface area (Å²) in [5.74, 6) is 0. The molecular weight excluding hydrogens is 466 g/mol. The van der Waals surface area contributed by atoms with Gasteiger partial charge < -0.3 is 14.2 Å². The molecule has 2 heterocycles. The number of hydrogen-bond acceptors (Lipinski definition) is 4. The number of rotatable bonds is 26. The predicted molar refractivity (Wildman–Crippen MR) is 153 cm³/mol. The van der Waals surface area contributed by atoms with Gasteiger partial charge in [0.2, 0.25) is 5.51 Å². The molecular formula is C31H58NO3S+. The van der Waals surface area contributed by atoms with Crippen LogP contribution in [0.4, 0.5) is 0 Å². The van der Waals surface area contributed by atoms with Gasteiger partial charge in [-0.05, 0) is 25.7 Å². The third-order valence-electron chi connectivity index (χ3n) is 7.39. The third-order valence-corrected chi connectivity index (χ3v) is 8.06. The van der Waals surface area contributed by atoms with Crippen LogP contribution in [0.1, 0.15) is 142 Å². The molecule has 0 aliphatic carbocycles. The van der Waals surface area contributed by atoms with Crippen LogP contribution in [0.3, 0.4) is 0 Å². The van der Waals surface area contributed by atoms with Crippen LogP contribution in [0, 0.1) is 0 Å². The summed E-state index contributed by atoms with van der Waals surface area (Å²) in [6, 6.07) is 0. The van der Waals surface area contributed by atoms with Crippen LogP contribution in [0.15, 0.2) is 17.1 Å². The molecule has 0 amide bonds. The molecule has 0 bridgehead atoms. The van der Waals surface area contributed by atoms with Gasteiger partial charge in [0.1, 0.15) is 12.6 Å². The van der Waals surface area contributed by atoms with E-state index >= 15 is 0 Å². The molecule has 1 saturated heterocycles. The van der Waals surface area contributed by atoms with Gasteiger partial charge in [0, 0.05) is 13.0 Å². The zero-order valence-electron chi connectivity index (χ0n) is 23.6. The molecule has 0 aromatic carbocycles. The van der Waals surface area contributed by atoms with E-state index < -0.39 is 0 Å². The molecule has 36 heavy (non-hydrogen) atoms. The quantitative estimate of drug-likeness (QED) is 0.0895. The molecule has 1 aliphatic rings. The average molecular weight is 525 g/mol. The summed E-state index contributed by atoms with van der Waals surface area (Å²) in [7, 11) is 0. The highest BCUT2D eigenvalue weighted by Gasteiger charge is 2.25. The Labute approximate surface area is 227 Å². The second-order valence-electron chi connectivity index (χ2n) is 10.9. The van der Waals surface area contributed by atoms with Gasteiger partial charge in [-0.2, -0.15) is 4.57 Å². The highest BCUT2D eigenvalue weighted by atomic mass is 32.1. The van der Waals surface area contributed by atoms with Gasteiger partial charge in [-0.1, -0.05) is 121 Å². The Morgan fingerprint density at radius 2 is 1.33 bits per heavy atom. The van der Waals surface area contributed by atoms with Crippen molar-refractivity contribution in [2.75, 3.05) is 19.8 Å². The molecule has 0 spiro atoms. The zero-order chi connectivity index (χ0) is 25.4. The van der Waals surface area contributed by atoms with Crippen LogP contribution >= 0.6 is 11.3 Å². The summed E-state index contributed by atoms with van der Waals surface area (Å²) in [5.41, 5.74) is 2.19. The van der Waals surface area contributed by atoms with E-state index in [4.69, 9.17) is 14.2 Å². The van der Waals surface area contributed by atoms with E-state index in [0.29, 0.717) is 13.2 Å². The van der Waals surface area contributed by atoms with Crippen molar-refractivity contribution in [3.8, 4) is 0 Å². The van der Waals surface area contributed by atoms with Gasteiger partial charge in [-0.3, -0.25) is 0 Å². The molecule has 0 saturated carbocycles. The fraction of sp³-hybridized carbons (Fsp3) is 0.903. The largest absolute Gasteiger partial charge is 0.379 e. The van der Waals surface area contributed by atoms with Crippen LogP contribution in [-0.4, -0.2) is 32.2 Å². The van der Waals surface area contributed by atoms with Crippen LogP contribution in [0.25, 0.3) is 0 Å². The summed E-state index contributed by atoms with van der Waals surface area (Å²) in [6.07, 6.45) is 30.7. The predicted octanol–water partition coefficient (Wildman–Crippen LogP) is 9.01. The highest BCUT2D eigenvalue weighted by Crippen LogP contribution is 2.19. The van der Waals surface area contributed by atoms with Crippen LogP contribution in [0.2, 0.25) is 0 Å². The van der Waals surface area contributed by atoms with Gasteiger partial charge in [0.25, 0.3) is 0 Å². The van der Waals surface area contributed by atoms with E-state index in [-0.39, 0.29) is 12.4 Å². The first-order valence-corrected chi connectivity index (χ1v) is 16.6. The molecule has 2 rings (SSSR count). The maximum absolute atomic E-state index is 6.03. The van der Waals surface area contributed by atoms with Crippen LogP contribution in [0.5, 0.6) is 0 Å². The van der Waals surface area contributed by atoms with Gasteiger partial charge >= 0.3 is 0 Å². The minimum absolute atomic E-state index is 0.00155. The van der Waals surface area contributed by atoms with Crippen molar-refractivity contribution in [2.45, 2.75) is 161 Å². The maximum atomic E-state index is 6.03. The second-order valence-corrected chi connectivity index (χ2v) is 11.6. The Hall–Kier alpha value is -0.490. The molecule has 2 atom stereocenters. The number of thiazole rings is 1. The van der Waals surface area contributed by atoms with Crippen molar-refractivity contribution < 1.29 is 18.8 Å². The van der Waals surface area contributed by atoms with Crippen LogP contribution in [-0.2, 0) is 20.8 Å². The first-order valence-electron chi connectivity index (χ1n) is 15.6. The van der Waals surface area contributed by atoms with Crippen molar-refractivity contribution in [1.82, 2.24) is 0 Å². The van der Waals surface area contributed by atoms with Gasteiger partial charge in [-0.25, -0.2) is 0 Å². The number of aryl methyl sites for hydroxylation is 1. The Morgan fingerprint density at radius 1 is 0.750 bits per heavy atom. The minimum atomic E-state index is 0.00155. The summed E-state index contributed by atoms with van der Waals surface area (Å²) in [5, 5.41) is 2.14. The molecule has 0 radical (unpaired) electrons. The number of nitrogens with zero attached hydrogens (tertiary/aromatic N) is 1. The highest BCUT2D eigenvalue weighted by molar-refractivity contribution is 7.07. The Morgan fingerprint density at radius 3 is 1.94 bits per heavy atom. The number of unbranched alkanes of at least 4 members (excludes halogenated alkanes) is 18. The fourth-order valence-corrected chi connectivity index (χ4v) is 5.69. The Bertz CT molecular complexity index is 568. The van der Waals surface area contributed by atoms with E-state index in [9.17, 15) is 0 Å². The van der Waals surface area contributed by atoms with E-state index in [1.165, 1.54) is 122 Å². The lowest BCUT2D eigenvalue weighted by molar-refractivity contribution is -0.692. The molecule has 0 N–H and O–H groups in total. The lowest BCUT2D eigenvalue weighted by Crippen LogP contribution is -2.29. The number of hydrogen-bond donors (Lipinski definition) is 0. The van der Waals surface area contributed by atoms with E-state index in [1.54, 1.807) is 11.3 Å². The lowest BCUT2D eigenvalue weighted by Gasteiger charge is -2.12. The minimum Gasteiger partial charge on any atom is -0.379 e. The SMILES string of the molecule is CCCCCCCCCCCCCCCCC[C@H]1OC[C@H](COCCCCCCC[n+]2ccsc2)O1. The number of ether oxygens (including phenoxy) is 3. The van der Waals surface area contributed by atoms with Gasteiger partial charge in [0.15, 0.2) is 12.5 Å². The molecule has 210 valence electrons. The second kappa shape index (κ2) is 23.6. The van der Waals surface area contributed by atoms with Crippen molar-refractivity contribution in [3.05, 3.63) is 17.1 Å². The summed E-state index contributed by atoms with van der Waals surface area (Å²) < 4.78 is 20.0. The van der Waals surface area contributed by atoms with Gasteiger partial charge in [0.05, 0.1) is 18.6 Å². The monoisotopic (exact) mass is 524 g/mol. The van der Waals surface area contributed by atoms with Crippen molar-refractivity contribution in [2.24, 2.45) is 0 Å². The zero-order valence-corrected chi connectivity index (χ0v) is 24.5. The maximum Gasteiger partial charge on any atom is 0.224 e. The normalized spacial score (nSPS) is 17.8. The summed E-state index contributed by atoms with van der Waals surface area (Å²) in [4.78, 5) is 0.